The van der Waals surface area contributed by atoms with E-state index in [2.05, 4.69) is 22.1 Å². The number of pyridine rings is 1. The second kappa shape index (κ2) is 4.61. The van der Waals surface area contributed by atoms with Crippen molar-refractivity contribution in [2.24, 2.45) is 0 Å². The van der Waals surface area contributed by atoms with Crippen LogP contribution in [0.4, 0.5) is 0 Å². The van der Waals surface area contributed by atoms with Crippen molar-refractivity contribution in [2.45, 2.75) is 26.3 Å². The third kappa shape index (κ3) is 1.93. The number of aryl methyl sites for hydroxylation is 1. The van der Waals surface area contributed by atoms with E-state index in [0.717, 1.165) is 17.8 Å². The van der Waals surface area contributed by atoms with E-state index in [1.54, 1.807) is 6.20 Å². The van der Waals surface area contributed by atoms with Gasteiger partial charge in [0.2, 0.25) is 5.28 Å². The summed E-state index contributed by atoms with van der Waals surface area (Å²) < 4.78 is 1.93. The molecule has 1 atom stereocenters. The van der Waals surface area contributed by atoms with Gasteiger partial charge in [0.15, 0.2) is 0 Å². The smallest absolute Gasteiger partial charge is 0.225 e. The summed E-state index contributed by atoms with van der Waals surface area (Å²) >= 11 is 6.04. The van der Waals surface area contributed by atoms with Gasteiger partial charge >= 0.3 is 0 Å². The molecule has 0 aliphatic heterocycles. The largest absolute Gasteiger partial charge is 0.294 e. The maximum Gasteiger partial charge on any atom is 0.225 e. The van der Waals surface area contributed by atoms with Crippen LogP contribution in [-0.2, 0) is 6.42 Å². The summed E-state index contributed by atoms with van der Waals surface area (Å²) in [6.07, 6.45) is 4.40. The van der Waals surface area contributed by atoms with Gasteiger partial charge in [0, 0.05) is 18.8 Å². The molecule has 0 N–H and O–H groups in total. The molecular formula is C11H13ClN4. The van der Waals surface area contributed by atoms with Crippen LogP contribution < -0.4 is 0 Å². The van der Waals surface area contributed by atoms with E-state index in [-0.39, 0.29) is 6.04 Å². The van der Waals surface area contributed by atoms with Crippen LogP contribution in [0.5, 0.6) is 0 Å². The Morgan fingerprint density at radius 2 is 2.25 bits per heavy atom. The zero-order chi connectivity index (χ0) is 11.5. The minimum atomic E-state index is 0.103. The van der Waals surface area contributed by atoms with Gasteiger partial charge in [-0.2, -0.15) is 0 Å². The van der Waals surface area contributed by atoms with Crippen molar-refractivity contribution >= 4 is 11.6 Å². The lowest BCUT2D eigenvalue weighted by molar-refractivity contribution is 0.604. The van der Waals surface area contributed by atoms with Crippen molar-refractivity contribution in [2.75, 3.05) is 0 Å². The van der Waals surface area contributed by atoms with Crippen molar-refractivity contribution in [3.05, 3.63) is 41.2 Å². The fourth-order valence-electron chi connectivity index (χ4n) is 1.70. The molecule has 2 rings (SSSR count). The molecule has 0 spiro atoms. The van der Waals surface area contributed by atoms with Crippen LogP contribution in [0.25, 0.3) is 0 Å². The highest BCUT2D eigenvalue weighted by molar-refractivity contribution is 6.28. The average molecular weight is 237 g/mol. The predicted octanol–water partition coefficient (Wildman–Crippen LogP) is 2.50. The second-order valence-electron chi connectivity index (χ2n) is 3.57. The molecule has 0 aromatic carbocycles. The molecule has 0 radical (unpaired) electrons. The molecular weight excluding hydrogens is 224 g/mol. The Morgan fingerprint density at radius 3 is 2.88 bits per heavy atom. The molecule has 2 heterocycles. The van der Waals surface area contributed by atoms with Crippen molar-refractivity contribution in [3.8, 4) is 0 Å². The lowest BCUT2D eigenvalue weighted by Crippen LogP contribution is -2.10. The normalized spacial score (nSPS) is 12.7. The SMILES string of the molecule is CCc1nnc(Cl)n1C(C)c1cccnc1. The highest BCUT2D eigenvalue weighted by Crippen LogP contribution is 2.22. The van der Waals surface area contributed by atoms with Crippen LogP contribution in [0.15, 0.2) is 24.5 Å². The van der Waals surface area contributed by atoms with E-state index in [9.17, 15) is 0 Å². The number of hydrogen-bond acceptors (Lipinski definition) is 3. The van der Waals surface area contributed by atoms with Gasteiger partial charge in [-0.25, -0.2) is 0 Å². The molecule has 0 fully saturated rings. The standard InChI is InChI=1S/C11H13ClN4/c1-3-10-14-15-11(12)16(10)8(2)9-5-4-6-13-7-9/h4-8H,3H2,1-2H3. The minimum Gasteiger partial charge on any atom is -0.294 e. The summed E-state index contributed by atoms with van der Waals surface area (Å²) in [7, 11) is 0. The summed E-state index contributed by atoms with van der Waals surface area (Å²) in [5.41, 5.74) is 1.10. The van der Waals surface area contributed by atoms with Crippen molar-refractivity contribution < 1.29 is 0 Å². The average Bonchev–Trinajstić information content (AvgIpc) is 2.70. The first-order valence-corrected chi connectivity index (χ1v) is 5.61. The zero-order valence-corrected chi connectivity index (χ0v) is 10.0. The van der Waals surface area contributed by atoms with E-state index in [1.807, 2.05) is 29.8 Å². The maximum atomic E-state index is 6.04. The molecule has 2 aromatic heterocycles. The first-order valence-electron chi connectivity index (χ1n) is 5.23. The van der Waals surface area contributed by atoms with E-state index in [1.165, 1.54) is 0 Å². The summed E-state index contributed by atoms with van der Waals surface area (Å²) in [5, 5.41) is 8.36. The molecule has 0 aliphatic rings. The molecule has 16 heavy (non-hydrogen) atoms. The lowest BCUT2D eigenvalue weighted by Gasteiger charge is -2.15. The second-order valence-corrected chi connectivity index (χ2v) is 3.91. The first kappa shape index (κ1) is 11.1. The van der Waals surface area contributed by atoms with Crippen LogP contribution in [0.1, 0.15) is 31.3 Å². The van der Waals surface area contributed by atoms with Gasteiger partial charge in [0.05, 0.1) is 6.04 Å². The maximum absolute atomic E-state index is 6.04. The molecule has 0 amide bonds. The van der Waals surface area contributed by atoms with E-state index < -0.39 is 0 Å². The van der Waals surface area contributed by atoms with Gasteiger partial charge in [-0.05, 0) is 30.2 Å². The summed E-state index contributed by atoms with van der Waals surface area (Å²) in [4.78, 5) is 4.10. The number of hydrogen-bond donors (Lipinski definition) is 0. The molecule has 0 saturated heterocycles. The third-order valence-corrected chi connectivity index (χ3v) is 2.85. The van der Waals surface area contributed by atoms with Gasteiger partial charge in [-0.1, -0.05) is 13.0 Å². The summed E-state index contributed by atoms with van der Waals surface area (Å²) in [6.45, 7) is 4.10. The Kier molecular flexibility index (Phi) is 3.19. The van der Waals surface area contributed by atoms with Crippen molar-refractivity contribution in [1.82, 2.24) is 19.7 Å². The predicted molar refractivity (Wildman–Crippen MR) is 62.5 cm³/mol. The fraction of sp³-hybridized carbons (Fsp3) is 0.364. The summed E-state index contributed by atoms with van der Waals surface area (Å²) in [5.74, 6) is 0.890. The third-order valence-electron chi connectivity index (χ3n) is 2.60. The Labute approximate surface area is 99.3 Å². The molecule has 1 unspecified atom stereocenters. The van der Waals surface area contributed by atoms with Gasteiger partial charge in [0.1, 0.15) is 5.82 Å². The van der Waals surface area contributed by atoms with Gasteiger partial charge in [-0.3, -0.25) is 9.55 Å². The molecule has 5 heteroatoms. The van der Waals surface area contributed by atoms with Crippen molar-refractivity contribution in [1.29, 1.82) is 0 Å². The van der Waals surface area contributed by atoms with Gasteiger partial charge in [0.25, 0.3) is 0 Å². The number of aromatic nitrogens is 4. The van der Waals surface area contributed by atoms with Gasteiger partial charge in [-0.15, -0.1) is 10.2 Å². The highest BCUT2D eigenvalue weighted by Gasteiger charge is 2.16. The quantitative estimate of drug-likeness (QED) is 0.823. The lowest BCUT2D eigenvalue weighted by atomic mass is 10.1. The van der Waals surface area contributed by atoms with E-state index in [4.69, 9.17) is 11.6 Å². The van der Waals surface area contributed by atoms with E-state index >= 15 is 0 Å². The Hall–Kier alpha value is -1.42. The van der Waals surface area contributed by atoms with Crippen LogP contribution in [0.3, 0.4) is 0 Å². The van der Waals surface area contributed by atoms with Crippen LogP contribution in [0.2, 0.25) is 5.28 Å². The number of halogens is 1. The molecule has 0 saturated carbocycles. The molecule has 0 aliphatic carbocycles. The molecule has 2 aromatic rings. The number of rotatable bonds is 3. The minimum absolute atomic E-state index is 0.103. The topological polar surface area (TPSA) is 43.6 Å². The van der Waals surface area contributed by atoms with Crippen LogP contribution in [0, 0.1) is 0 Å². The zero-order valence-electron chi connectivity index (χ0n) is 9.26. The van der Waals surface area contributed by atoms with Crippen molar-refractivity contribution in [3.63, 3.8) is 0 Å². The Balaban J connectivity index is 2.41. The monoisotopic (exact) mass is 236 g/mol. The molecule has 4 nitrogen and oxygen atoms in total. The van der Waals surface area contributed by atoms with Crippen LogP contribution >= 0.6 is 11.6 Å². The molecule has 0 bridgehead atoms. The Morgan fingerprint density at radius 1 is 1.44 bits per heavy atom. The first-order chi connectivity index (χ1) is 7.74. The number of nitrogens with zero attached hydrogens (tertiary/aromatic N) is 4. The fourth-order valence-corrected chi connectivity index (χ4v) is 1.98. The van der Waals surface area contributed by atoms with Gasteiger partial charge < -0.3 is 0 Å². The molecule has 84 valence electrons. The van der Waals surface area contributed by atoms with Crippen LogP contribution in [-0.4, -0.2) is 19.7 Å². The Bertz CT molecular complexity index is 466. The van der Waals surface area contributed by atoms with E-state index in [0.29, 0.717) is 5.28 Å². The summed E-state index contributed by atoms with van der Waals surface area (Å²) in [6, 6.07) is 4.04. The highest BCUT2D eigenvalue weighted by atomic mass is 35.5.